The number of rotatable bonds is 1. The lowest BCUT2D eigenvalue weighted by atomic mass is 10.1. The van der Waals surface area contributed by atoms with E-state index >= 15 is 0 Å². The quantitative estimate of drug-likeness (QED) is 0.876. The van der Waals surface area contributed by atoms with Gasteiger partial charge in [0.05, 0.1) is 11.4 Å². The summed E-state index contributed by atoms with van der Waals surface area (Å²) in [4.78, 5) is 12.6. The summed E-state index contributed by atoms with van der Waals surface area (Å²) in [5.74, 6) is 0.323. The normalized spacial score (nSPS) is 23.3. The largest absolute Gasteiger partial charge is 0.493 e. The molecule has 4 nitrogen and oxygen atoms in total. The number of halogens is 2. The Balaban J connectivity index is 1.99. The van der Waals surface area contributed by atoms with Crippen molar-refractivity contribution in [1.82, 2.24) is 9.13 Å². The number of fused-ring (bicyclic) bond motifs is 5. The molecule has 0 amide bonds. The minimum absolute atomic E-state index is 0.0283. The summed E-state index contributed by atoms with van der Waals surface area (Å²) >= 11 is 12.0. The van der Waals surface area contributed by atoms with E-state index in [4.69, 9.17) is 23.2 Å². The summed E-state index contributed by atoms with van der Waals surface area (Å²) < 4.78 is 3.04. The van der Waals surface area contributed by atoms with E-state index in [9.17, 15) is 9.90 Å². The summed E-state index contributed by atoms with van der Waals surface area (Å²) in [5, 5.41) is 11.3. The van der Waals surface area contributed by atoms with Crippen molar-refractivity contribution >= 4 is 23.2 Å². The van der Waals surface area contributed by atoms with Gasteiger partial charge in [-0.1, -0.05) is 23.2 Å². The van der Waals surface area contributed by atoms with Crippen LogP contribution in [0, 0.1) is 0 Å². The number of aromatic nitrogens is 2. The Labute approximate surface area is 125 Å². The number of aromatic hydroxyl groups is 1. The van der Waals surface area contributed by atoms with Crippen LogP contribution in [0.3, 0.4) is 0 Å². The summed E-state index contributed by atoms with van der Waals surface area (Å²) in [6, 6.07) is 5.09. The second kappa shape index (κ2) is 4.06. The maximum absolute atomic E-state index is 12.6. The predicted octanol–water partition coefficient (Wildman–Crippen LogP) is 3.47. The minimum atomic E-state index is -0.206. The Morgan fingerprint density at radius 1 is 1.15 bits per heavy atom. The van der Waals surface area contributed by atoms with Gasteiger partial charge in [0, 0.05) is 22.0 Å². The van der Waals surface area contributed by atoms with Crippen molar-refractivity contribution in [1.29, 1.82) is 0 Å². The predicted molar refractivity (Wildman–Crippen MR) is 77.3 cm³/mol. The highest BCUT2D eigenvalue weighted by atomic mass is 35.5. The Kier molecular flexibility index (Phi) is 2.51. The van der Waals surface area contributed by atoms with Crippen molar-refractivity contribution in [3.05, 3.63) is 44.4 Å². The van der Waals surface area contributed by atoms with Crippen LogP contribution in [0.15, 0.2) is 23.0 Å². The number of hydrogen-bond acceptors (Lipinski definition) is 2. The Morgan fingerprint density at radius 2 is 1.85 bits per heavy atom. The van der Waals surface area contributed by atoms with E-state index in [1.54, 1.807) is 22.8 Å². The maximum atomic E-state index is 12.6. The molecule has 2 aromatic rings. The smallest absolute Gasteiger partial charge is 0.336 e. The molecule has 2 aliphatic rings. The molecule has 1 aromatic carbocycles. The molecule has 4 rings (SSSR count). The molecule has 6 heteroatoms. The fourth-order valence-corrected chi connectivity index (χ4v) is 4.11. The molecule has 1 aromatic heterocycles. The molecular formula is C14H12Cl2N2O2. The van der Waals surface area contributed by atoms with Crippen LogP contribution < -0.4 is 5.69 Å². The highest BCUT2D eigenvalue weighted by molar-refractivity contribution is 6.34. The third-order valence-corrected chi connectivity index (χ3v) is 4.80. The van der Waals surface area contributed by atoms with Gasteiger partial charge in [-0.3, -0.25) is 4.57 Å². The first-order chi connectivity index (χ1) is 9.56. The summed E-state index contributed by atoms with van der Waals surface area (Å²) in [6.07, 6.45) is 3.02. The molecule has 1 aliphatic heterocycles. The molecule has 2 unspecified atom stereocenters. The zero-order valence-electron chi connectivity index (χ0n) is 10.5. The molecule has 1 saturated carbocycles. The molecule has 2 atom stereocenters. The summed E-state index contributed by atoms with van der Waals surface area (Å²) in [6.45, 7) is 0. The average molecular weight is 311 g/mol. The first kappa shape index (κ1) is 12.4. The van der Waals surface area contributed by atoms with Gasteiger partial charge in [-0.2, -0.15) is 0 Å². The van der Waals surface area contributed by atoms with Gasteiger partial charge in [0.2, 0.25) is 5.88 Å². The fraction of sp³-hybridized carbons (Fsp3) is 0.357. The van der Waals surface area contributed by atoms with Crippen molar-refractivity contribution in [2.45, 2.75) is 31.2 Å². The number of benzene rings is 1. The number of hydrogen-bond donors (Lipinski definition) is 1. The van der Waals surface area contributed by atoms with E-state index in [1.165, 1.54) is 4.57 Å². The molecule has 0 spiro atoms. The van der Waals surface area contributed by atoms with Gasteiger partial charge >= 0.3 is 5.69 Å². The van der Waals surface area contributed by atoms with E-state index in [0.717, 1.165) is 25.0 Å². The molecule has 2 heterocycles. The Bertz CT molecular complexity index is 758. The molecule has 0 radical (unpaired) electrons. The van der Waals surface area contributed by atoms with Crippen LogP contribution >= 0.6 is 23.2 Å². The zero-order chi connectivity index (χ0) is 14.0. The van der Waals surface area contributed by atoms with E-state index in [2.05, 4.69) is 0 Å². The minimum Gasteiger partial charge on any atom is -0.493 e. The molecule has 104 valence electrons. The molecule has 0 saturated heterocycles. The fourth-order valence-electron chi connectivity index (χ4n) is 3.60. The van der Waals surface area contributed by atoms with E-state index < -0.39 is 0 Å². The number of imidazole rings is 1. The van der Waals surface area contributed by atoms with Crippen molar-refractivity contribution in [2.24, 2.45) is 0 Å². The van der Waals surface area contributed by atoms with Crippen LogP contribution in [0.25, 0.3) is 5.69 Å². The lowest BCUT2D eigenvalue weighted by molar-refractivity contribution is 0.428. The molecular weight excluding hydrogens is 299 g/mol. The molecule has 1 aliphatic carbocycles. The Hall–Kier alpha value is -1.39. The summed E-state index contributed by atoms with van der Waals surface area (Å²) in [7, 11) is 0. The van der Waals surface area contributed by atoms with Crippen LogP contribution in [0.5, 0.6) is 5.88 Å². The van der Waals surface area contributed by atoms with Crippen molar-refractivity contribution in [2.75, 3.05) is 0 Å². The first-order valence-electron chi connectivity index (χ1n) is 6.59. The van der Waals surface area contributed by atoms with Crippen LogP contribution in [0.1, 0.15) is 36.9 Å². The van der Waals surface area contributed by atoms with Crippen molar-refractivity contribution in [3.63, 3.8) is 0 Å². The van der Waals surface area contributed by atoms with Crippen LogP contribution in [0.2, 0.25) is 10.0 Å². The molecule has 2 bridgehead atoms. The average Bonchev–Trinajstić information content (AvgIpc) is 3.02. The molecule has 1 N–H and O–H groups in total. The third kappa shape index (κ3) is 1.52. The van der Waals surface area contributed by atoms with Gasteiger partial charge in [0.1, 0.15) is 0 Å². The van der Waals surface area contributed by atoms with E-state index in [1.807, 2.05) is 0 Å². The van der Waals surface area contributed by atoms with E-state index in [-0.39, 0.29) is 17.6 Å². The summed E-state index contributed by atoms with van der Waals surface area (Å²) in [5.41, 5.74) is 1.07. The standard InChI is InChI=1S/C14H12Cl2N2O2/c15-8-4-9(16)6-11(5-8)18-13(19)12-7-1-2-10(3-7)17(12)14(18)20/h4-7,10,19H,1-3H2. The van der Waals surface area contributed by atoms with Crippen LogP contribution in [-0.2, 0) is 0 Å². The lowest BCUT2D eigenvalue weighted by Crippen LogP contribution is -2.25. The van der Waals surface area contributed by atoms with Crippen molar-refractivity contribution < 1.29 is 5.11 Å². The monoisotopic (exact) mass is 310 g/mol. The van der Waals surface area contributed by atoms with Gasteiger partial charge in [-0.15, -0.1) is 0 Å². The van der Waals surface area contributed by atoms with Crippen molar-refractivity contribution in [3.8, 4) is 11.6 Å². The molecule has 20 heavy (non-hydrogen) atoms. The maximum Gasteiger partial charge on any atom is 0.336 e. The second-order valence-electron chi connectivity index (χ2n) is 5.49. The SMILES string of the molecule is O=c1n(-c2cc(Cl)cc(Cl)c2)c(O)c2n1C1CCC2C1. The lowest BCUT2D eigenvalue weighted by Gasteiger charge is -2.11. The van der Waals surface area contributed by atoms with Gasteiger partial charge in [0.15, 0.2) is 0 Å². The Morgan fingerprint density at radius 3 is 2.50 bits per heavy atom. The van der Waals surface area contributed by atoms with Gasteiger partial charge < -0.3 is 5.11 Å². The topological polar surface area (TPSA) is 47.2 Å². The van der Waals surface area contributed by atoms with E-state index in [0.29, 0.717) is 21.7 Å². The van der Waals surface area contributed by atoms with Gasteiger partial charge in [0.25, 0.3) is 0 Å². The van der Waals surface area contributed by atoms with Crippen LogP contribution in [-0.4, -0.2) is 14.2 Å². The van der Waals surface area contributed by atoms with Crippen LogP contribution in [0.4, 0.5) is 0 Å². The highest BCUT2D eigenvalue weighted by Gasteiger charge is 2.42. The molecule has 1 fully saturated rings. The van der Waals surface area contributed by atoms with Gasteiger partial charge in [-0.05, 0) is 37.5 Å². The zero-order valence-corrected chi connectivity index (χ0v) is 12.0. The highest BCUT2D eigenvalue weighted by Crippen LogP contribution is 2.50. The first-order valence-corrected chi connectivity index (χ1v) is 7.34. The van der Waals surface area contributed by atoms with Gasteiger partial charge in [-0.25, -0.2) is 9.36 Å². The number of nitrogens with zero attached hydrogens (tertiary/aromatic N) is 2. The third-order valence-electron chi connectivity index (χ3n) is 4.36. The second-order valence-corrected chi connectivity index (χ2v) is 6.36.